The summed E-state index contributed by atoms with van der Waals surface area (Å²) in [6.45, 7) is 0.514. The molecule has 2 aromatic carbocycles. The van der Waals surface area contributed by atoms with Crippen molar-refractivity contribution in [3.8, 4) is 22.9 Å². The fraction of sp³-hybridized carbons (Fsp3) is 0.158. The van der Waals surface area contributed by atoms with E-state index in [4.69, 9.17) is 14.2 Å². The lowest BCUT2D eigenvalue weighted by Gasteiger charge is -2.05. The number of nitrogens with zero attached hydrogens (tertiary/aromatic N) is 2. The van der Waals surface area contributed by atoms with Crippen LogP contribution in [-0.4, -0.2) is 29.6 Å². The molecule has 2 heterocycles. The third kappa shape index (κ3) is 3.19. The molecule has 26 heavy (non-hydrogen) atoms. The van der Waals surface area contributed by atoms with E-state index < -0.39 is 0 Å². The number of nitrogens with one attached hydrogen (secondary N) is 1. The average molecular weight is 351 g/mol. The maximum absolute atomic E-state index is 12.3. The molecule has 132 valence electrons. The van der Waals surface area contributed by atoms with Gasteiger partial charge >= 0.3 is 0 Å². The van der Waals surface area contributed by atoms with Crippen LogP contribution in [0.3, 0.4) is 0 Å². The van der Waals surface area contributed by atoms with E-state index in [-0.39, 0.29) is 12.7 Å². The first-order chi connectivity index (χ1) is 12.7. The van der Waals surface area contributed by atoms with Gasteiger partial charge < -0.3 is 19.5 Å². The van der Waals surface area contributed by atoms with Crippen molar-refractivity contribution in [2.24, 2.45) is 0 Å². The van der Waals surface area contributed by atoms with Crippen LogP contribution in [0.2, 0.25) is 0 Å². The van der Waals surface area contributed by atoms with E-state index in [0.29, 0.717) is 23.6 Å². The molecule has 0 unspecified atom stereocenters. The number of hydrogen-bond donors (Lipinski definition) is 1. The molecule has 0 spiro atoms. The van der Waals surface area contributed by atoms with Crippen LogP contribution in [0.1, 0.15) is 16.1 Å². The molecule has 0 bridgehead atoms. The number of ether oxygens (including phenoxy) is 3. The molecule has 0 saturated heterocycles. The number of fused-ring (bicyclic) bond motifs is 1. The Morgan fingerprint density at radius 2 is 1.96 bits per heavy atom. The van der Waals surface area contributed by atoms with E-state index in [2.05, 4.69) is 10.4 Å². The van der Waals surface area contributed by atoms with Crippen LogP contribution in [0.15, 0.2) is 54.7 Å². The highest BCUT2D eigenvalue weighted by atomic mass is 16.7. The van der Waals surface area contributed by atoms with Crippen molar-refractivity contribution in [2.75, 3.05) is 13.9 Å². The van der Waals surface area contributed by atoms with Crippen LogP contribution in [0.4, 0.5) is 0 Å². The standard InChI is InChI=1S/C19H17N3O4/c1-24-16-5-3-15(4-6-16)22-9-8-14(21-22)11-20-19(23)13-2-7-17-18(10-13)26-12-25-17/h2-10H,11-12H2,1H3,(H,20,23). The van der Waals surface area contributed by atoms with E-state index >= 15 is 0 Å². The second-order valence-corrected chi connectivity index (χ2v) is 5.70. The summed E-state index contributed by atoms with van der Waals surface area (Å²) in [6, 6.07) is 14.6. The molecule has 0 fully saturated rings. The largest absolute Gasteiger partial charge is 0.497 e. The molecule has 1 aliphatic heterocycles. The van der Waals surface area contributed by atoms with Crippen molar-refractivity contribution < 1.29 is 19.0 Å². The Morgan fingerprint density at radius 1 is 1.15 bits per heavy atom. The SMILES string of the molecule is COc1ccc(-n2ccc(CNC(=O)c3ccc4c(c3)OCO4)n2)cc1. The predicted molar refractivity (Wildman–Crippen MR) is 93.9 cm³/mol. The molecule has 0 atom stereocenters. The first-order valence-corrected chi connectivity index (χ1v) is 8.10. The zero-order valence-electron chi connectivity index (χ0n) is 14.1. The van der Waals surface area contributed by atoms with Gasteiger partial charge in [-0.05, 0) is 48.5 Å². The molecular weight excluding hydrogens is 334 g/mol. The smallest absolute Gasteiger partial charge is 0.251 e. The predicted octanol–water partition coefficient (Wildman–Crippen LogP) is 2.54. The Balaban J connectivity index is 1.40. The number of hydrogen-bond acceptors (Lipinski definition) is 5. The van der Waals surface area contributed by atoms with Crippen molar-refractivity contribution in [1.29, 1.82) is 0 Å². The second kappa shape index (κ2) is 6.79. The van der Waals surface area contributed by atoms with Crippen LogP contribution in [0.5, 0.6) is 17.2 Å². The number of amides is 1. The van der Waals surface area contributed by atoms with E-state index in [1.54, 1.807) is 30.0 Å². The van der Waals surface area contributed by atoms with Gasteiger partial charge in [0.05, 0.1) is 25.0 Å². The molecule has 0 saturated carbocycles. The second-order valence-electron chi connectivity index (χ2n) is 5.70. The van der Waals surface area contributed by atoms with Crippen molar-refractivity contribution in [2.45, 2.75) is 6.54 Å². The third-order valence-corrected chi connectivity index (χ3v) is 4.05. The highest BCUT2D eigenvalue weighted by Gasteiger charge is 2.16. The van der Waals surface area contributed by atoms with E-state index in [1.165, 1.54) is 0 Å². The van der Waals surface area contributed by atoms with E-state index in [1.807, 2.05) is 36.5 Å². The van der Waals surface area contributed by atoms with Crippen molar-refractivity contribution in [3.05, 3.63) is 66.0 Å². The quantitative estimate of drug-likeness (QED) is 0.765. The monoisotopic (exact) mass is 351 g/mol. The van der Waals surface area contributed by atoms with Gasteiger partial charge in [0, 0.05) is 11.8 Å². The topological polar surface area (TPSA) is 74.6 Å². The van der Waals surface area contributed by atoms with Crippen LogP contribution in [0, 0.1) is 0 Å². The van der Waals surface area contributed by atoms with Crippen LogP contribution in [-0.2, 0) is 6.54 Å². The van der Waals surface area contributed by atoms with Gasteiger partial charge in [0.2, 0.25) is 6.79 Å². The van der Waals surface area contributed by atoms with Gasteiger partial charge in [-0.3, -0.25) is 4.79 Å². The van der Waals surface area contributed by atoms with Crippen LogP contribution in [0.25, 0.3) is 5.69 Å². The molecule has 1 N–H and O–H groups in total. The minimum absolute atomic E-state index is 0.184. The summed E-state index contributed by atoms with van der Waals surface area (Å²) in [5.41, 5.74) is 2.19. The maximum atomic E-state index is 12.3. The molecule has 3 aromatic rings. The van der Waals surface area contributed by atoms with E-state index in [9.17, 15) is 4.79 Å². The number of carbonyl (C=O) groups excluding carboxylic acids is 1. The molecule has 0 radical (unpaired) electrons. The highest BCUT2D eigenvalue weighted by Crippen LogP contribution is 2.32. The highest BCUT2D eigenvalue weighted by molar-refractivity contribution is 5.94. The van der Waals surface area contributed by atoms with Crippen LogP contribution < -0.4 is 19.5 Å². The van der Waals surface area contributed by atoms with Gasteiger partial charge in [0.15, 0.2) is 11.5 Å². The fourth-order valence-electron chi connectivity index (χ4n) is 2.65. The van der Waals surface area contributed by atoms with E-state index in [0.717, 1.165) is 17.1 Å². The molecule has 7 nitrogen and oxygen atoms in total. The number of aromatic nitrogens is 2. The molecule has 1 aliphatic rings. The summed E-state index contributed by atoms with van der Waals surface area (Å²) >= 11 is 0. The first kappa shape index (κ1) is 16.0. The molecular formula is C19H17N3O4. The zero-order chi connectivity index (χ0) is 17.9. The lowest BCUT2D eigenvalue weighted by atomic mass is 10.2. The molecule has 7 heteroatoms. The zero-order valence-corrected chi connectivity index (χ0v) is 14.1. The summed E-state index contributed by atoms with van der Waals surface area (Å²) in [4.78, 5) is 12.3. The molecule has 1 amide bonds. The average Bonchev–Trinajstić information content (AvgIpc) is 3.35. The van der Waals surface area contributed by atoms with Gasteiger partial charge in [-0.1, -0.05) is 0 Å². The van der Waals surface area contributed by atoms with Crippen molar-refractivity contribution in [1.82, 2.24) is 15.1 Å². The van der Waals surface area contributed by atoms with Gasteiger partial charge in [-0.25, -0.2) is 4.68 Å². The summed E-state index contributed by atoms with van der Waals surface area (Å²) in [5, 5.41) is 7.33. The summed E-state index contributed by atoms with van der Waals surface area (Å²) in [7, 11) is 1.63. The van der Waals surface area contributed by atoms with Crippen LogP contribution >= 0.6 is 0 Å². The number of benzene rings is 2. The van der Waals surface area contributed by atoms with Gasteiger partial charge in [-0.2, -0.15) is 5.10 Å². The maximum Gasteiger partial charge on any atom is 0.251 e. The van der Waals surface area contributed by atoms with Crippen molar-refractivity contribution >= 4 is 5.91 Å². The Bertz CT molecular complexity index is 934. The van der Waals surface area contributed by atoms with Gasteiger partial charge in [0.1, 0.15) is 5.75 Å². The summed E-state index contributed by atoms with van der Waals surface area (Å²) in [5.74, 6) is 1.83. The lowest BCUT2D eigenvalue weighted by Crippen LogP contribution is -2.23. The molecule has 4 rings (SSSR count). The minimum atomic E-state index is -0.192. The number of carbonyl (C=O) groups is 1. The van der Waals surface area contributed by atoms with Gasteiger partial charge in [0.25, 0.3) is 5.91 Å². The minimum Gasteiger partial charge on any atom is -0.497 e. The number of rotatable bonds is 5. The normalized spacial score (nSPS) is 12.0. The Morgan fingerprint density at radius 3 is 2.77 bits per heavy atom. The Kier molecular flexibility index (Phi) is 4.18. The van der Waals surface area contributed by atoms with Crippen molar-refractivity contribution in [3.63, 3.8) is 0 Å². The first-order valence-electron chi connectivity index (χ1n) is 8.10. The molecule has 1 aromatic heterocycles. The third-order valence-electron chi connectivity index (χ3n) is 4.05. The Labute approximate surface area is 150 Å². The lowest BCUT2D eigenvalue weighted by molar-refractivity contribution is 0.0950. The molecule has 0 aliphatic carbocycles. The summed E-state index contributed by atoms with van der Waals surface area (Å²) in [6.07, 6.45) is 1.85. The van der Waals surface area contributed by atoms with Gasteiger partial charge in [-0.15, -0.1) is 0 Å². The fourth-order valence-corrected chi connectivity index (χ4v) is 2.65. The summed E-state index contributed by atoms with van der Waals surface area (Å²) < 4.78 is 17.4. The number of methoxy groups -OCH3 is 1. The Hall–Kier alpha value is -3.48.